The van der Waals surface area contributed by atoms with Crippen LogP contribution in [0.1, 0.15) is 53.4 Å². The van der Waals surface area contributed by atoms with Crippen LogP contribution in [0.15, 0.2) is 0 Å². The predicted octanol–water partition coefficient (Wildman–Crippen LogP) is 3.13. The predicted molar refractivity (Wildman–Crippen MR) is 115 cm³/mol. The molecule has 2 aliphatic rings. The van der Waals surface area contributed by atoms with E-state index in [1.165, 1.54) is 20.6 Å². The first kappa shape index (κ1) is 27.1. The van der Waals surface area contributed by atoms with Crippen LogP contribution in [-0.2, 0) is 19.1 Å². The zero-order chi connectivity index (χ0) is 20.7. The van der Waals surface area contributed by atoms with Gasteiger partial charge in [0, 0.05) is 6.54 Å². The van der Waals surface area contributed by atoms with Crippen LogP contribution in [0.5, 0.6) is 0 Å². The van der Waals surface area contributed by atoms with E-state index in [0.29, 0.717) is 11.8 Å². The summed E-state index contributed by atoms with van der Waals surface area (Å²) >= 11 is 0. The summed E-state index contributed by atoms with van der Waals surface area (Å²) in [6, 6.07) is 0. The highest BCUT2D eigenvalue weighted by Gasteiger charge is 2.39. The van der Waals surface area contributed by atoms with Crippen molar-refractivity contribution in [2.24, 2.45) is 22.7 Å². The minimum Gasteiger partial charge on any atom is -0.469 e. The third kappa shape index (κ3) is 7.20. The van der Waals surface area contributed by atoms with Gasteiger partial charge in [-0.2, -0.15) is 0 Å². The number of esters is 2. The molecule has 2 rings (SSSR count). The minimum absolute atomic E-state index is 0. The van der Waals surface area contributed by atoms with Crippen LogP contribution in [0.25, 0.3) is 0 Å². The first-order chi connectivity index (χ1) is 12.6. The fourth-order valence-electron chi connectivity index (χ4n) is 4.08. The Morgan fingerprint density at radius 2 is 1.43 bits per heavy atom. The standard InChI is InChI=1S/C11H21NO2.C10H19NO2.ClH/c1-11(2,10(13)14-4)9-6-5-7-12(3)8-9;1-10(2,9(12)13-3)8-5-4-6-11-7-8;/h9H,5-8H2,1-4H3;8,11H,4-7H2,1-3H3;1H. The quantitative estimate of drug-likeness (QED) is 0.704. The van der Waals surface area contributed by atoms with Crippen molar-refractivity contribution in [2.75, 3.05) is 47.4 Å². The van der Waals surface area contributed by atoms with Crippen molar-refractivity contribution in [1.29, 1.82) is 0 Å². The summed E-state index contributed by atoms with van der Waals surface area (Å²) in [5, 5.41) is 3.31. The molecular weight excluding hydrogens is 380 g/mol. The van der Waals surface area contributed by atoms with Crippen molar-refractivity contribution in [3.63, 3.8) is 0 Å². The Bertz CT molecular complexity index is 491. The van der Waals surface area contributed by atoms with Gasteiger partial charge in [-0.05, 0) is 91.9 Å². The molecule has 166 valence electrons. The smallest absolute Gasteiger partial charge is 0.311 e. The summed E-state index contributed by atoms with van der Waals surface area (Å²) in [5.74, 6) is 0.654. The molecule has 7 heteroatoms. The van der Waals surface area contributed by atoms with Crippen LogP contribution in [-0.4, -0.2) is 64.3 Å². The zero-order valence-corrected chi connectivity index (χ0v) is 19.6. The highest BCUT2D eigenvalue weighted by atomic mass is 35.5. The van der Waals surface area contributed by atoms with Gasteiger partial charge in [0.05, 0.1) is 25.0 Å². The molecular formula is C21H41ClN2O4. The van der Waals surface area contributed by atoms with E-state index in [2.05, 4.69) is 17.3 Å². The van der Waals surface area contributed by atoms with Crippen molar-refractivity contribution >= 4 is 24.3 Å². The molecule has 1 N–H and O–H groups in total. The molecule has 28 heavy (non-hydrogen) atoms. The zero-order valence-electron chi connectivity index (χ0n) is 18.8. The number of hydrogen-bond donors (Lipinski definition) is 1. The lowest BCUT2D eigenvalue weighted by molar-refractivity contribution is -0.155. The van der Waals surface area contributed by atoms with Crippen molar-refractivity contribution in [1.82, 2.24) is 10.2 Å². The molecule has 0 spiro atoms. The number of nitrogens with zero attached hydrogens (tertiary/aromatic N) is 1. The number of nitrogens with one attached hydrogen (secondary N) is 1. The van der Waals surface area contributed by atoms with Crippen LogP contribution < -0.4 is 5.32 Å². The Morgan fingerprint density at radius 1 is 0.929 bits per heavy atom. The molecule has 0 aromatic heterocycles. The van der Waals surface area contributed by atoms with Gasteiger partial charge in [0.2, 0.25) is 0 Å². The lowest BCUT2D eigenvalue weighted by Crippen LogP contribution is -2.43. The van der Waals surface area contributed by atoms with Gasteiger partial charge in [0.1, 0.15) is 0 Å². The summed E-state index contributed by atoms with van der Waals surface area (Å²) in [6.45, 7) is 12.1. The second-order valence-corrected chi connectivity index (χ2v) is 9.07. The summed E-state index contributed by atoms with van der Waals surface area (Å²) in [7, 11) is 5.04. The Hall–Kier alpha value is -0.850. The van der Waals surface area contributed by atoms with E-state index in [4.69, 9.17) is 9.47 Å². The molecule has 0 amide bonds. The molecule has 2 unspecified atom stereocenters. The molecule has 0 radical (unpaired) electrons. The molecule has 0 saturated carbocycles. The molecule has 2 heterocycles. The van der Waals surface area contributed by atoms with Crippen molar-refractivity contribution in [3.8, 4) is 0 Å². The molecule has 0 aromatic rings. The Morgan fingerprint density at radius 3 is 1.86 bits per heavy atom. The average Bonchev–Trinajstić information content (AvgIpc) is 2.67. The van der Waals surface area contributed by atoms with E-state index >= 15 is 0 Å². The lowest BCUT2D eigenvalue weighted by Gasteiger charge is -2.38. The highest BCUT2D eigenvalue weighted by Crippen LogP contribution is 2.34. The van der Waals surface area contributed by atoms with Crippen LogP contribution in [0.4, 0.5) is 0 Å². The van der Waals surface area contributed by atoms with Crippen LogP contribution in [0, 0.1) is 22.7 Å². The van der Waals surface area contributed by atoms with Crippen molar-refractivity contribution < 1.29 is 19.1 Å². The lowest BCUT2D eigenvalue weighted by atomic mass is 9.74. The number of piperidine rings is 2. The summed E-state index contributed by atoms with van der Waals surface area (Å²) in [6.07, 6.45) is 4.59. The summed E-state index contributed by atoms with van der Waals surface area (Å²) in [4.78, 5) is 25.4. The third-order valence-electron chi connectivity index (χ3n) is 6.39. The molecule has 2 fully saturated rings. The topological polar surface area (TPSA) is 67.9 Å². The van der Waals surface area contributed by atoms with E-state index in [0.717, 1.165) is 45.4 Å². The Labute approximate surface area is 177 Å². The van der Waals surface area contributed by atoms with Crippen LogP contribution in [0.2, 0.25) is 0 Å². The summed E-state index contributed by atoms with van der Waals surface area (Å²) < 4.78 is 9.65. The largest absolute Gasteiger partial charge is 0.469 e. The number of carbonyl (C=O) groups excluding carboxylic acids is 2. The number of halogens is 1. The number of ether oxygens (including phenoxy) is 2. The van der Waals surface area contributed by atoms with E-state index in [9.17, 15) is 9.59 Å². The van der Waals surface area contributed by atoms with E-state index in [1.54, 1.807) is 0 Å². The molecule has 2 saturated heterocycles. The Kier molecular flexibility index (Phi) is 11.6. The number of likely N-dealkylation sites (tertiary alicyclic amines) is 1. The summed E-state index contributed by atoms with van der Waals surface area (Å²) in [5.41, 5.74) is -0.689. The monoisotopic (exact) mass is 420 g/mol. The number of hydrogen-bond acceptors (Lipinski definition) is 6. The molecule has 2 aliphatic heterocycles. The average molecular weight is 421 g/mol. The van der Waals surface area contributed by atoms with Gasteiger partial charge in [-0.25, -0.2) is 0 Å². The SMILES string of the molecule is COC(=O)C(C)(C)C1CCCN(C)C1.COC(=O)C(C)(C)C1CCCNC1.Cl. The van der Waals surface area contributed by atoms with E-state index in [-0.39, 0.29) is 35.2 Å². The van der Waals surface area contributed by atoms with Crippen LogP contribution in [0.3, 0.4) is 0 Å². The number of rotatable bonds is 4. The molecule has 0 aliphatic carbocycles. The van der Waals surface area contributed by atoms with E-state index in [1.807, 2.05) is 27.7 Å². The maximum atomic E-state index is 11.6. The van der Waals surface area contributed by atoms with E-state index < -0.39 is 0 Å². The maximum Gasteiger partial charge on any atom is 0.311 e. The highest BCUT2D eigenvalue weighted by molar-refractivity contribution is 5.85. The molecule has 0 aromatic carbocycles. The maximum absolute atomic E-state index is 11.6. The number of methoxy groups -OCH3 is 2. The van der Waals surface area contributed by atoms with Gasteiger partial charge >= 0.3 is 11.9 Å². The van der Waals surface area contributed by atoms with Gasteiger partial charge in [-0.1, -0.05) is 0 Å². The molecule has 2 atom stereocenters. The normalized spacial score (nSPS) is 23.5. The third-order valence-corrected chi connectivity index (χ3v) is 6.39. The van der Waals surface area contributed by atoms with Gasteiger partial charge < -0.3 is 19.7 Å². The second kappa shape index (κ2) is 12.0. The van der Waals surface area contributed by atoms with Crippen LogP contribution >= 0.6 is 12.4 Å². The van der Waals surface area contributed by atoms with Gasteiger partial charge in [-0.15, -0.1) is 12.4 Å². The fraction of sp³-hybridized carbons (Fsp3) is 0.905. The minimum atomic E-state index is -0.345. The van der Waals surface area contributed by atoms with Gasteiger partial charge in [-0.3, -0.25) is 9.59 Å². The van der Waals surface area contributed by atoms with Gasteiger partial charge in [0.25, 0.3) is 0 Å². The first-order valence-electron chi connectivity index (χ1n) is 10.1. The fourth-order valence-corrected chi connectivity index (χ4v) is 4.08. The van der Waals surface area contributed by atoms with Crippen molar-refractivity contribution in [2.45, 2.75) is 53.4 Å². The number of carbonyl (C=O) groups is 2. The molecule has 0 bridgehead atoms. The van der Waals surface area contributed by atoms with Gasteiger partial charge in [0.15, 0.2) is 0 Å². The molecule has 6 nitrogen and oxygen atoms in total. The first-order valence-corrected chi connectivity index (χ1v) is 10.1. The Balaban J connectivity index is 0.000000504. The van der Waals surface area contributed by atoms with Crippen molar-refractivity contribution in [3.05, 3.63) is 0 Å². The second-order valence-electron chi connectivity index (χ2n) is 9.07.